The van der Waals surface area contributed by atoms with Gasteiger partial charge in [-0.15, -0.1) is 0 Å². The van der Waals surface area contributed by atoms with Crippen molar-refractivity contribution in [2.75, 3.05) is 13.7 Å². The van der Waals surface area contributed by atoms with Gasteiger partial charge in [-0.05, 0) is 62.4 Å². The van der Waals surface area contributed by atoms with Gasteiger partial charge in [-0.25, -0.2) is 0 Å². The first-order valence-electron chi connectivity index (χ1n) is 6.77. The maximum absolute atomic E-state index is 6.13. The number of piperidine rings is 1. The molecular weight excluding hydrogens is 246 g/mol. The molecule has 1 saturated heterocycles. The van der Waals surface area contributed by atoms with Gasteiger partial charge in [-0.1, -0.05) is 18.0 Å². The number of halogens is 1. The van der Waals surface area contributed by atoms with Gasteiger partial charge < -0.3 is 10.1 Å². The molecule has 1 fully saturated rings. The summed E-state index contributed by atoms with van der Waals surface area (Å²) in [6, 6.07) is 4.65. The van der Waals surface area contributed by atoms with Crippen LogP contribution < -0.4 is 10.1 Å². The smallest absolute Gasteiger partial charge is 0.125 e. The zero-order valence-corrected chi connectivity index (χ0v) is 12.0. The van der Waals surface area contributed by atoms with Crippen LogP contribution in [0.3, 0.4) is 0 Å². The topological polar surface area (TPSA) is 21.3 Å². The summed E-state index contributed by atoms with van der Waals surface area (Å²) in [5.41, 5.74) is 2.35. The maximum Gasteiger partial charge on any atom is 0.125 e. The summed E-state index contributed by atoms with van der Waals surface area (Å²) in [6.07, 6.45) is 6.15. The Kier molecular flexibility index (Phi) is 4.90. The van der Waals surface area contributed by atoms with E-state index in [2.05, 4.69) is 5.32 Å². The van der Waals surface area contributed by atoms with Crippen LogP contribution in [0.25, 0.3) is 0 Å². The molecule has 1 heterocycles. The minimum atomic E-state index is 0.655. The van der Waals surface area contributed by atoms with Crippen LogP contribution in [0.5, 0.6) is 5.75 Å². The van der Waals surface area contributed by atoms with Crippen molar-refractivity contribution in [2.24, 2.45) is 0 Å². The van der Waals surface area contributed by atoms with E-state index in [1.54, 1.807) is 7.11 Å². The number of ether oxygens (including phenoxy) is 1. The van der Waals surface area contributed by atoms with E-state index in [1.165, 1.54) is 24.8 Å². The molecule has 0 spiro atoms. The second kappa shape index (κ2) is 6.44. The van der Waals surface area contributed by atoms with Gasteiger partial charge >= 0.3 is 0 Å². The molecule has 1 atom stereocenters. The number of hydrogen-bond donors (Lipinski definition) is 1. The van der Waals surface area contributed by atoms with Gasteiger partial charge in [-0.2, -0.15) is 0 Å². The van der Waals surface area contributed by atoms with Gasteiger partial charge in [0.2, 0.25) is 0 Å². The lowest BCUT2D eigenvalue weighted by Gasteiger charge is -2.23. The van der Waals surface area contributed by atoms with Crippen molar-refractivity contribution in [2.45, 2.75) is 45.1 Å². The Hall–Kier alpha value is -0.730. The lowest BCUT2D eigenvalue weighted by atomic mass is 9.97. The van der Waals surface area contributed by atoms with Crippen molar-refractivity contribution in [1.82, 2.24) is 5.32 Å². The summed E-state index contributed by atoms with van der Waals surface area (Å²) in [7, 11) is 1.73. The first-order chi connectivity index (χ1) is 8.70. The summed E-state index contributed by atoms with van der Waals surface area (Å²) >= 11 is 6.13. The first-order valence-corrected chi connectivity index (χ1v) is 7.15. The number of nitrogens with one attached hydrogen (secondary N) is 1. The predicted octanol–water partition coefficient (Wildman–Crippen LogP) is 3.73. The lowest BCUT2D eigenvalue weighted by Crippen LogP contribution is -2.34. The third-order valence-electron chi connectivity index (χ3n) is 3.69. The zero-order valence-electron chi connectivity index (χ0n) is 11.3. The fourth-order valence-corrected chi connectivity index (χ4v) is 3.07. The maximum atomic E-state index is 6.13. The highest BCUT2D eigenvalue weighted by atomic mass is 35.5. The third-order valence-corrected chi connectivity index (χ3v) is 3.91. The van der Waals surface area contributed by atoms with Crippen molar-refractivity contribution in [1.29, 1.82) is 0 Å². The molecule has 0 bridgehead atoms. The van der Waals surface area contributed by atoms with Gasteiger partial charge in [0.1, 0.15) is 5.75 Å². The molecule has 1 N–H and O–H groups in total. The number of methoxy groups -OCH3 is 1. The molecule has 1 unspecified atom stereocenters. The molecule has 3 heteroatoms. The van der Waals surface area contributed by atoms with Crippen LogP contribution in [0.2, 0.25) is 5.02 Å². The quantitative estimate of drug-likeness (QED) is 0.898. The van der Waals surface area contributed by atoms with Crippen molar-refractivity contribution in [3.05, 3.63) is 28.3 Å². The van der Waals surface area contributed by atoms with E-state index in [1.807, 2.05) is 19.1 Å². The van der Waals surface area contributed by atoms with Crippen LogP contribution in [-0.4, -0.2) is 19.7 Å². The van der Waals surface area contributed by atoms with E-state index in [0.717, 1.165) is 35.7 Å². The summed E-state index contributed by atoms with van der Waals surface area (Å²) in [5, 5.41) is 4.39. The molecular formula is C15H22ClNO. The molecule has 18 heavy (non-hydrogen) atoms. The van der Waals surface area contributed by atoms with E-state index < -0.39 is 0 Å². The average molecular weight is 268 g/mol. The molecule has 1 aliphatic rings. The Morgan fingerprint density at radius 2 is 2.22 bits per heavy atom. The molecule has 1 aliphatic heterocycles. The second-order valence-electron chi connectivity index (χ2n) is 5.10. The van der Waals surface area contributed by atoms with Crippen LogP contribution in [0.4, 0.5) is 0 Å². The van der Waals surface area contributed by atoms with E-state index >= 15 is 0 Å². The molecule has 0 amide bonds. The van der Waals surface area contributed by atoms with Crippen molar-refractivity contribution >= 4 is 11.6 Å². The summed E-state index contributed by atoms with van der Waals surface area (Å²) < 4.78 is 5.49. The van der Waals surface area contributed by atoms with E-state index in [0.29, 0.717) is 6.04 Å². The predicted molar refractivity (Wildman–Crippen MR) is 76.7 cm³/mol. The Labute approximate surface area is 115 Å². The fraction of sp³-hybridized carbons (Fsp3) is 0.600. The number of benzene rings is 1. The number of aryl methyl sites for hydroxylation is 2. The molecule has 2 rings (SSSR count). The summed E-state index contributed by atoms with van der Waals surface area (Å²) in [4.78, 5) is 0. The van der Waals surface area contributed by atoms with Crippen LogP contribution in [0.15, 0.2) is 12.1 Å². The molecule has 0 radical (unpaired) electrons. The molecule has 2 nitrogen and oxygen atoms in total. The van der Waals surface area contributed by atoms with Crippen molar-refractivity contribution in [3.8, 4) is 5.75 Å². The van der Waals surface area contributed by atoms with Gasteiger partial charge in [0.05, 0.1) is 7.11 Å². The number of rotatable bonds is 4. The zero-order chi connectivity index (χ0) is 13.0. The highest BCUT2D eigenvalue weighted by Crippen LogP contribution is 2.29. The third kappa shape index (κ3) is 3.39. The highest BCUT2D eigenvalue weighted by Gasteiger charge is 2.14. The van der Waals surface area contributed by atoms with Gasteiger partial charge in [0.25, 0.3) is 0 Å². The monoisotopic (exact) mass is 267 g/mol. The van der Waals surface area contributed by atoms with Crippen LogP contribution >= 0.6 is 11.6 Å². The molecule has 0 saturated carbocycles. The van der Waals surface area contributed by atoms with E-state index in [-0.39, 0.29) is 0 Å². The van der Waals surface area contributed by atoms with Crippen molar-refractivity contribution < 1.29 is 4.74 Å². The van der Waals surface area contributed by atoms with E-state index in [9.17, 15) is 0 Å². The molecule has 0 aromatic heterocycles. The average Bonchev–Trinajstić information content (AvgIpc) is 2.37. The SMILES string of the molecule is COc1c(C)cc(Cl)cc1CCC1CCCCN1. The lowest BCUT2D eigenvalue weighted by molar-refractivity contribution is 0.376. The largest absolute Gasteiger partial charge is 0.496 e. The normalized spacial score (nSPS) is 19.8. The van der Waals surface area contributed by atoms with Crippen LogP contribution in [0.1, 0.15) is 36.8 Å². The minimum absolute atomic E-state index is 0.655. The fourth-order valence-electron chi connectivity index (χ4n) is 2.78. The Morgan fingerprint density at radius 1 is 1.39 bits per heavy atom. The second-order valence-corrected chi connectivity index (χ2v) is 5.54. The standard InChI is InChI=1S/C15H22ClNO/c1-11-9-13(16)10-12(15(11)18-2)6-7-14-5-3-4-8-17-14/h9-10,14,17H,3-8H2,1-2H3. The Bertz CT molecular complexity index is 400. The summed E-state index contributed by atoms with van der Waals surface area (Å²) in [6.45, 7) is 3.21. The highest BCUT2D eigenvalue weighted by molar-refractivity contribution is 6.30. The minimum Gasteiger partial charge on any atom is -0.496 e. The Morgan fingerprint density at radius 3 is 2.89 bits per heavy atom. The van der Waals surface area contributed by atoms with Crippen LogP contribution in [0, 0.1) is 6.92 Å². The van der Waals surface area contributed by atoms with Crippen LogP contribution in [-0.2, 0) is 6.42 Å². The Balaban J connectivity index is 2.03. The number of hydrogen-bond acceptors (Lipinski definition) is 2. The van der Waals surface area contributed by atoms with E-state index in [4.69, 9.17) is 16.3 Å². The molecule has 1 aromatic carbocycles. The van der Waals surface area contributed by atoms with Gasteiger partial charge in [0, 0.05) is 11.1 Å². The molecule has 100 valence electrons. The van der Waals surface area contributed by atoms with Crippen molar-refractivity contribution in [3.63, 3.8) is 0 Å². The van der Waals surface area contributed by atoms with Gasteiger partial charge in [-0.3, -0.25) is 0 Å². The first kappa shape index (κ1) is 13.7. The summed E-state index contributed by atoms with van der Waals surface area (Å²) in [5.74, 6) is 0.996. The van der Waals surface area contributed by atoms with Gasteiger partial charge in [0.15, 0.2) is 0 Å². The molecule has 0 aliphatic carbocycles. The molecule has 1 aromatic rings.